The van der Waals surface area contributed by atoms with E-state index in [-0.39, 0.29) is 29.6 Å². The van der Waals surface area contributed by atoms with Gasteiger partial charge in [0.15, 0.2) is 5.75 Å². The fourth-order valence-corrected chi connectivity index (χ4v) is 3.39. The van der Waals surface area contributed by atoms with Gasteiger partial charge in [0.25, 0.3) is 11.8 Å². The van der Waals surface area contributed by atoms with Crippen molar-refractivity contribution in [3.05, 3.63) is 53.7 Å². The van der Waals surface area contributed by atoms with E-state index in [2.05, 4.69) is 15.0 Å². The molecule has 166 valence electrons. The monoisotopic (exact) mass is 451 g/mol. The average Bonchev–Trinajstić information content (AvgIpc) is 2.72. The molecule has 0 unspecified atom stereocenters. The molecular weight excluding hydrogens is 430 g/mol. The maximum Gasteiger partial charge on any atom is 0.414 e. The van der Waals surface area contributed by atoms with Gasteiger partial charge in [0.1, 0.15) is 6.54 Å². The number of sulfonamides is 1. The number of benzene rings is 1. The maximum absolute atomic E-state index is 12.3. The second kappa shape index (κ2) is 10.9. The van der Waals surface area contributed by atoms with Gasteiger partial charge in [-0.2, -0.15) is 0 Å². The molecule has 0 fully saturated rings. The third kappa shape index (κ3) is 7.59. The topological polar surface area (TPSA) is 150 Å². The number of carbonyl (C=O) groups excluding carboxylic acids is 3. The first-order valence-corrected chi connectivity index (χ1v) is 10.6. The summed E-state index contributed by atoms with van der Waals surface area (Å²) in [5.74, 6) is -2.35. The van der Waals surface area contributed by atoms with Gasteiger partial charge in [-0.15, -0.1) is 0 Å². The third-order valence-corrected chi connectivity index (χ3v) is 4.83. The van der Waals surface area contributed by atoms with Crippen LogP contribution in [0.25, 0.3) is 0 Å². The lowest BCUT2D eigenvalue weighted by Gasteiger charge is -2.11. The smallest absolute Gasteiger partial charge is 0.414 e. The summed E-state index contributed by atoms with van der Waals surface area (Å²) < 4.78 is 41.0. The Kier molecular flexibility index (Phi) is 8.32. The number of ether oxygens (including phenoxy) is 3. The minimum Gasteiger partial charge on any atom is -0.491 e. The summed E-state index contributed by atoms with van der Waals surface area (Å²) in [4.78, 5) is 39.2. The SMILES string of the molecule is CCOC(=O)CNC(=O)Oc1ncc(C(=O)NS(=O)(=O)Cc2ccccc2)cc1OC. The number of amides is 2. The van der Waals surface area contributed by atoms with Crippen LogP contribution in [0.5, 0.6) is 11.6 Å². The molecule has 11 nitrogen and oxygen atoms in total. The Morgan fingerprint density at radius 1 is 1.13 bits per heavy atom. The van der Waals surface area contributed by atoms with Gasteiger partial charge in [0.05, 0.1) is 25.0 Å². The zero-order valence-corrected chi connectivity index (χ0v) is 17.6. The van der Waals surface area contributed by atoms with Crippen molar-refractivity contribution in [1.29, 1.82) is 0 Å². The van der Waals surface area contributed by atoms with Crippen molar-refractivity contribution < 1.29 is 37.0 Å². The highest BCUT2D eigenvalue weighted by Gasteiger charge is 2.20. The zero-order chi connectivity index (χ0) is 22.9. The largest absolute Gasteiger partial charge is 0.491 e. The van der Waals surface area contributed by atoms with Crippen molar-refractivity contribution in [2.24, 2.45) is 0 Å². The predicted octanol–water partition coefficient (Wildman–Crippen LogP) is 1.00. The van der Waals surface area contributed by atoms with E-state index in [4.69, 9.17) is 9.47 Å². The molecule has 2 amide bonds. The van der Waals surface area contributed by atoms with E-state index in [0.29, 0.717) is 5.56 Å². The number of rotatable bonds is 9. The zero-order valence-electron chi connectivity index (χ0n) is 16.8. The van der Waals surface area contributed by atoms with E-state index in [9.17, 15) is 22.8 Å². The predicted molar refractivity (Wildman–Crippen MR) is 108 cm³/mol. The third-order valence-electron chi connectivity index (χ3n) is 3.62. The Bertz CT molecular complexity index is 1040. The van der Waals surface area contributed by atoms with Crippen molar-refractivity contribution in [1.82, 2.24) is 15.0 Å². The van der Waals surface area contributed by atoms with E-state index in [1.165, 1.54) is 7.11 Å². The Labute approximate surface area is 178 Å². The van der Waals surface area contributed by atoms with Crippen molar-refractivity contribution in [3.8, 4) is 11.6 Å². The molecule has 2 rings (SSSR count). The quantitative estimate of drug-likeness (QED) is 0.532. The molecule has 0 bridgehead atoms. The molecule has 0 aliphatic carbocycles. The Hall–Kier alpha value is -3.67. The average molecular weight is 451 g/mol. The number of hydrogen-bond acceptors (Lipinski definition) is 9. The summed E-state index contributed by atoms with van der Waals surface area (Å²) in [6, 6.07) is 9.51. The molecular formula is C19H21N3O8S. The van der Waals surface area contributed by atoms with Crippen LogP contribution < -0.4 is 19.5 Å². The summed E-state index contributed by atoms with van der Waals surface area (Å²) in [6.45, 7) is 1.37. The molecule has 0 atom stereocenters. The van der Waals surface area contributed by atoms with Crippen molar-refractivity contribution in [3.63, 3.8) is 0 Å². The molecule has 12 heteroatoms. The minimum atomic E-state index is -3.96. The van der Waals surface area contributed by atoms with Crippen LogP contribution in [-0.4, -0.2) is 51.6 Å². The van der Waals surface area contributed by atoms with Crippen LogP contribution >= 0.6 is 0 Å². The van der Waals surface area contributed by atoms with E-state index >= 15 is 0 Å². The second-order valence-corrected chi connectivity index (χ2v) is 7.68. The van der Waals surface area contributed by atoms with Gasteiger partial charge in [0, 0.05) is 12.3 Å². The number of carbonyl (C=O) groups is 3. The van der Waals surface area contributed by atoms with Crippen LogP contribution in [0.2, 0.25) is 0 Å². The first-order chi connectivity index (χ1) is 14.7. The lowest BCUT2D eigenvalue weighted by molar-refractivity contribution is -0.141. The second-order valence-electron chi connectivity index (χ2n) is 5.96. The first kappa shape index (κ1) is 23.6. The van der Waals surface area contributed by atoms with E-state index in [1.807, 2.05) is 4.72 Å². The van der Waals surface area contributed by atoms with E-state index in [1.54, 1.807) is 37.3 Å². The lowest BCUT2D eigenvalue weighted by atomic mass is 10.2. The van der Waals surface area contributed by atoms with Crippen LogP contribution in [-0.2, 0) is 25.3 Å². The Balaban J connectivity index is 2.03. The highest BCUT2D eigenvalue weighted by molar-refractivity contribution is 7.89. The molecule has 2 N–H and O–H groups in total. The van der Waals surface area contributed by atoms with Gasteiger partial charge >= 0.3 is 12.1 Å². The molecule has 0 saturated carbocycles. The molecule has 1 heterocycles. The maximum atomic E-state index is 12.3. The number of aromatic nitrogens is 1. The molecule has 0 saturated heterocycles. The van der Waals surface area contributed by atoms with Gasteiger partial charge in [-0.1, -0.05) is 30.3 Å². The molecule has 2 aromatic rings. The number of esters is 1. The minimum absolute atomic E-state index is 0.0978. The first-order valence-electron chi connectivity index (χ1n) is 8.98. The van der Waals surface area contributed by atoms with Gasteiger partial charge in [-0.3, -0.25) is 9.59 Å². The van der Waals surface area contributed by atoms with Gasteiger partial charge in [-0.25, -0.2) is 22.9 Å². The number of nitrogens with zero attached hydrogens (tertiary/aromatic N) is 1. The number of methoxy groups -OCH3 is 1. The fourth-order valence-electron chi connectivity index (χ4n) is 2.29. The van der Waals surface area contributed by atoms with Crippen LogP contribution in [0.1, 0.15) is 22.8 Å². The van der Waals surface area contributed by atoms with Gasteiger partial charge < -0.3 is 19.5 Å². The van der Waals surface area contributed by atoms with Gasteiger partial charge in [-0.05, 0) is 12.5 Å². The van der Waals surface area contributed by atoms with Crippen molar-refractivity contribution in [2.45, 2.75) is 12.7 Å². The standard InChI is InChI=1S/C19H21N3O8S/c1-3-29-16(23)11-21-19(25)30-18-15(28-2)9-14(10-20-18)17(24)22-31(26,27)12-13-7-5-4-6-8-13/h4-10H,3,11-12H2,1-2H3,(H,21,25)(H,22,24). The molecule has 0 radical (unpaired) electrons. The number of nitrogens with one attached hydrogen (secondary N) is 2. The van der Waals surface area contributed by atoms with Crippen LogP contribution in [0.15, 0.2) is 42.6 Å². The molecule has 1 aromatic heterocycles. The Morgan fingerprint density at radius 3 is 2.48 bits per heavy atom. The summed E-state index contributed by atoms with van der Waals surface area (Å²) in [5, 5.41) is 2.17. The summed E-state index contributed by atoms with van der Waals surface area (Å²) >= 11 is 0. The summed E-state index contributed by atoms with van der Waals surface area (Å²) in [6.07, 6.45) is 0.0191. The molecule has 1 aromatic carbocycles. The summed E-state index contributed by atoms with van der Waals surface area (Å²) in [7, 11) is -2.71. The Morgan fingerprint density at radius 2 is 1.84 bits per heavy atom. The molecule has 0 spiro atoms. The molecule has 0 aliphatic heterocycles. The normalized spacial score (nSPS) is 10.6. The van der Waals surface area contributed by atoms with E-state index in [0.717, 1.165) is 12.3 Å². The van der Waals surface area contributed by atoms with Crippen LogP contribution in [0.3, 0.4) is 0 Å². The summed E-state index contributed by atoms with van der Waals surface area (Å²) in [5.41, 5.74) is 0.379. The van der Waals surface area contributed by atoms with Crippen LogP contribution in [0, 0.1) is 0 Å². The highest BCUT2D eigenvalue weighted by Crippen LogP contribution is 2.25. The van der Waals surface area contributed by atoms with Crippen LogP contribution in [0.4, 0.5) is 4.79 Å². The number of hydrogen-bond donors (Lipinski definition) is 2. The number of pyridine rings is 1. The van der Waals surface area contributed by atoms with Crippen molar-refractivity contribution >= 4 is 28.0 Å². The fraction of sp³-hybridized carbons (Fsp3) is 0.263. The van der Waals surface area contributed by atoms with E-state index < -0.39 is 34.5 Å². The highest BCUT2D eigenvalue weighted by atomic mass is 32.2. The van der Waals surface area contributed by atoms with Crippen molar-refractivity contribution in [2.75, 3.05) is 20.3 Å². The molecule has 31 heavy (non-hydrogen) atoms. The molecule has 0 aliphatic rings. The van der Waals surface area contributed by atoms with Gasteiger partial charge in [0.2, 0.25) is 10.0 Å². The lowest BCUT2D eigenvalue weighted by Crippen LogP contribution is -2.33.